The molecule has 5 heteroatoms. The minimum absolute atomic E-state index is 0.141. The minimum Gasteiger partial charge on any atom is -0.382 e. The number of hydrogen-bond acceptors (Lipinski definition) is 4. The van der Waals surface area contributed by atoms with Crippen LogP contribution in [-0.4, -0.2) is 15.9 Å². The van der Waals surface area contributed by atoms with Crippen LogP contribution in [0.15, 0.2) is 24.5 Å². The van der Waals surface area contributed by atoms with Gasteiger partial charge < -0.3 is 11.1 Å². The van der Waals surface area contributed by atoms with E-state index in [4.69, 9.17) is 5.73 Å². The van der Waals surface area contributed by atoms with E-state index in [1.165, 1.54) is 18.0 Å². The summed E-state index contributed by atoms with van der Waals surface area (Å²) in [6.45, 7) is 6.59. The number of aryl methyl sites for hydroxylation is 3. The van der Waals surface area contributed by atoms with Crippen molar-refractivity contribution in [3.63, 3.8) is 0 Å². The molecule has 0 saturated carbocycles. The predicted molar refractivity (Wildman–Crippen MR) is 78.3 cm³/mol. The smallest absolute Gasteiger partial charge is 0.273 e. The summed E-state index contributed by atoms with van der Waals surface area (Å²) < 4.78 is 0. The lowest BCUT2D eigenvalue weighted by atomic mass is 10.00. The van der Waals surface area contributed by atoms with Crippen LogP contribution in [0.3, 0.4) is 0 Å². The van der Waals surface area contributed by atoms with E-state index in [9.17, 15) is 4.79 Å². The Bertz CT molecular complexity index is 629. The molecule has 0 atom stereocenters. The quantitative estimate of drug-likeness (QED) is 0.892. The third kappa shape index (κ3) is 2.93. The van der Waals surface area contributed by atoms with Crippen LogP contribution in [-0.2, 0) is 6.54 Å². The molecule has 1 heterocycles. The summed E-state index contributed by atoms with van der Waals surface area (Å²) in [5.74, 6) is -0.169. The van der Waals surface area contributed by atoms with Gasteiger partial charge in [-0.05, 0) is 37.5 Å². The molecule has 104 valence electrons. The Morgan fingerprint density at radius 1 is 1.15 bits per heavy atom. The Kier molecular flexibility index (Phi) is 3.98. The van der Waals surface area contributed by atoms with Crippen LogP contribution >= 0.6 is 0 Å². The number of carbonyl (C=O) groups excluding carboxylic acids is 1. The second-order valence-electron chi connectivity index (χ2n) is 4.85. The molecule has 2 aromatic rings. The SMILES string of the molecule is Cc1cc(C)c(CNC(=O)c2nccnc2N)c(C)c1. The molecule has 0 fully saturated rings. The minimum atomic E-state index is -0.310. The first-order valence-electron chi connectivity index (χ1n) is 6.40. The highest BCUT2D eigenvalue weighted by atomic mass is 16.1. The normalized spacial score (nSPS) is 10.3. The Labute approximate surface area is 118 Å². The Morgan fingerprint density at radius 3 is 2.35 bits per heavy atom. The molecule has 0 aliphatic heterocycles. The zero-order valence-electron chi connectivity index (χ0n) is 11.9. The average Bonchev–Trinajstić information content (AvgIpc) is 2.37. The molecule has 20 heavy (non-hydrogen) atoms. The van der Waals surface area contributed by atoms with Crippen LogP contribution < -0.4 is 11.1 Å². The third-order valence-corrected chi connectivity index (χ3v) is 3.21. The van der Waals surface area contributed by atoms with Crippen LogP contribution in [0.2, 0.25) is 0 Å². The molecule has 0 aliphatic carbocycles. The van der Waals surface area contributed by atoms with Gasteiger partial charge >= 0.3 is 0 Å². The monoisotopic (exact) mass is 270 g/mol. The summed E-state index contributed by atoms with van der Waals surface area (Å²) in [6, 6.07) is 4.20. The zero-order valence-corrected chi connectivity index (χ0v) is 11.9. The van der Waals surface area contributed by atoms with Gasteiger partial charge in [0.25, 0.3) is 5.91 Å². The summed E-state index contributed by atoms with van der Waals surface area (Å²) >= 11 is 0. The standard InChI is InChI=1S/C15H18N4O/c1-9-6-10(2)12(11(3)7-9)8-19-15(20)13-14(16)18-5-4-17-13/h4-7H,8H2,1-3H3,(H2,16,18)(H,19,20). The van der Waals surface area contributed by atoms with E-state index in [1.807, 2.05) is 13.8 Å². The van der Waals surface area contributed by atoms with Gasteiger partial charge in [-0.2, -0.15) is 0 Å². The lowest BCUT2D eigenvalue weighted by Gasteiger charge is -2.12. The van der Waals surface area contributed by atoms with Crippen molar-refractivity contribution in [1.29, 1.82) is 0 Å². The second-order valence-corrected chi connectivity index (χ2v) is 4.85. The van der Waals surface area contributed by atoms with E-state index in [0.29, 0.717) is 6.54 Å². The predicted octanol–water partition coefficient (Wildman–Crippen LogP) is 1.91. The van der Waals surface area contributed by atoms with Gasteiger partial charge in [0.1, 0.15) is 0 Å². The Balaban J connectivity index is 2.14. The van der Waals surface area contributed by atoms with Crippen molar-refractivity contribution in [1.82, 2.24) is 15.3 Å². The summed E-state index contributed by atoms with van der Waals surface area (Å²) in [4.78, 5) is 19.8. The van der Waals surface area contributed by atoms with E-state index in [0.717, 1.165) is 16.7 Å². The summed E-state index contributed by atoms with van der Waals surface area (Å²) in [6.07, 6.45) is 2.91. The van der Waals surface area contributed by atoms with Crippen molar-refractivity contribution in [2.75, 3.05) is 5.73 Å². The Morgan fingerprint density at radius 2 is 1.75 bits per heavy atom. The molecule has 0 bridgehead atoms. The van der Waals surface area contributed by atoms with Gasteiger partial charge in [-0.1, -0.05) is 17.7 Å². The highest BCUT2D eigenvalue weighted by Crippen LogP contribution is 2.16. The lowest BCUT2D eigenvalue weighted by Crippen LogP contribution is -2.26. The molecule has 2 rings (SSSR count). The number of nitrogens with two attached hydrogens (primary N) is 1. The highest BCUT2D eigenvalue weighted by Gasteiger charge is 2.12. The molecule has 1 aromatic carbocycles. The van der Waals surface area contributed by atoms with Crippen molar-refractivity contribution in [2.24, 2.45) is 0 Å². The fraction of sp³-hybridized carbons (Fsp3) is 0.267. The van der Waals surface area contributed by atoms with Gasteiger partial charge in [0, 0.05) is 18.9 Å². The molecular weight excluding hydrogens is 252 g/mol. The van der Waals surface area contributed by atoms with E-state index in [1.54, 1.807) is 0 Å². The van der Waals surface area contributed by atoms with Crippen LogP contribution in [0.1, 0.15) is 32.7 Å². The number of amides is 1. The zero-order chi connectivity index (χ0) is 14.7. The number of hydrogen-bond donors (Lipinski definition) is 2. The van der Waals surface area contributed by atoms with E-state index in [-0.39, 0.29) is 17.4 Å². The van der Waals surface area contributed by atoms with Crippen molar-refractivity contribution in [2.45, 2.75) is 27.3 Å². The maximum atomic E-state index is 12.0. The number of benzene rings is 1. The number of carbonyl (C=O) groups is 1. The number of nitrogens with one attached hydrogen (secondary N) is 1. The van der Waals surface area contributed by atoms with Gasteiger partial charge in [0.2, 0.25) is 0 Å². The Hall–Kier alpha value is -2.43. The van der Waals surface area contributed by atoms with Crippen LogP contribution in [0.4, 0.5) is 5.82 Å². The first kappa shape index (κ1) is 14.0. The molecule has 3 N–H and O–H groups in total. The lowest BCUT2D eigenvalue weighted by molar-refractivity contribution is 0.0946. The molecule has 0 radical (unpaired) electrons. The van der Waals surface area contributed by atoms with Gasteiger partial charge in [-0.25, -0.2) is 9.97 Å². The number of rotatable bonds is 3. The fourth-order valence-corrected chi connectivity index (χ4v) is 2.26. The second kappa shape index (κ2) is 5.69. The van der Waals surface area contributed by atoms with E-state index >= 15 is 0 Å². The van der Waals surface area contributed by atoms with Gasteiger partial charge in [-0.15, -0.1) is 0 Å². The number of nitrogen functional groups attached to an aromatic ring is 1. The number of aromatic nitrogens is 2. The number of nitrogens with zero attached hydrogens (tertiary/aromatic N) is 2. The first-order valence-corrected chi connectivity index (χ1v) is 6.40. The van der Waals surface area contributed by atoms with Crippen LogP contribution in [0.5, 0.6) is 0 Å². The van der Waals surface area contributed by atoms with Crippen molar-refractivity contribution in [3.05, 3.63) is 52.5 Å². The fourth-order valence-electron chi connectivity index (χ4n) is 2.26. The van der Waals surface area contributed by atoms with Crippen LogP contribution in [0.25, 0.3) is 0 Å². The van der Waals surface area contributed by atoms with Crippen LogP contribution in [0, 0.1) is 20.8 Å². The maximum absolute atomic E-state index is 12.0. The van der Waals surface area contributed by atoms with E-state index in [2.05, 4.69) is 34.3 Å². The van der Waals surface area contributed by atoms with E-state index < -0.39 is 0 Å². The van der Waals surface area contributed by atoms with Gasteiger partial charge in [0.05, 0.1) is 0 Å². The van der Waals surface area contributed by atoms with Crippen molar-refractivity contribution >= 4 is 11.7 Å². The number of anilines is 1. The molecule has 0 spiro atoms. The van der Waals surface area contributed by atoms with Crippen molar-refractivity contribution < 1.29 is 4.79 Å². The van der Waals surface area contributed by atoms with Gasteiger partial charge in [0.15, 0.2) is 11.5 Å². The van der Waals surface area contributed by atoms with Crippen molar-refractivity contribution in [3.8, 4) is 0 Å². The maximum Gasteiger partial charge on any atom is 0.273 e. The molecule has 0 unspecified atom stereocenters. The highest BCUT2D eigenvalue weighted by molar-refractivity contribution is 5.96. The summed E-state index contributed by atoms with van der Waals surface area (Å²) in [5, 5.41) is 2.84. The summed E-state index contributed by atoms with van der Waals surface area (Å²) in [7, 11) is 0. The molecule has 0 saturated heterocycles. The molecule has 5 nitrogen and oxygen atoms in total. The first-order chi connectivity index (χ1) is 9.49. The molecule has 1 aromatic heterocycles. The molecular formula is C15H18N4O. The largest absolute Gasteiger partial charge is 0.382 e. The average molecular weight is 270 g/mol. The third-order valence-electron chi connectivity index (χ3n) is 3.21. The molecule has 0 aliphatic rings. The topological polar surface area (TPSA) is 80.9 Å². The van der Waals surface area contributed by atoms with Gasteiger partial charge in [-0.3, -0.25) is 4.79 Å². The summed E-state index contributed by atoms with van der Waals surface area (Å²) in [5.41, 5.74) is 10.5. The molecule has 1 amide bonds.